The highest BCUT2D eigenvalue weighted by molar-refractivity contribution is 5.97. The summed E-state index contributed by atoms with van der Waals surface area (Å²) in [6.07, 6.45) is 0.862. The van der Waals surface area contributed by atoms with E-state index in [-0.39, 0.29) is 23.7 Å². The fraction of sp³-hybridized carbons (Fsp3) is 0.368. The quantitative estimate of drug-likeness (QED) is 0.825. The van der Waals surface area contributed by atoms with Crippen LogP contribution in [0.5, 0.6) is 0 Å². The van der Waals surface area contributed by atoms with Gasteiger partial charge in [0.1, 0.15) is 11.5 Å². The van der Waals surface area contributed by atoms with Crippen molar-refractivity contribution < 1.29 is 14.0 Å². The van der Waals surface area contributed by atoms with Crippen molar-refractivity contribution in [3.05, 3.63) is 59.0 Å². The summed E-state index contributed by atoms with van der Waals surface area (Å²) in [5.74, 6) is 0.424. The molecule has 2 aromatic rings. The number of benzene rings is 1. The minimum absolute atomic E-state index is 0.155. The Morgan fingerprint density at radius 1 is 1.12 bits per heavy atom. The largest absolute Gasteiger partial charge is 0.466 e. The minimum atomic E-state index is -0.381. The lowest BCUT2D eigenvalue weighted by atomic mass is 9.85. The Balaban J connectivity index is 2.08. The van der Waals surface area contributed by atoms with Crippen LogP contribution in [0.3, 0.4) is 0 Å². The van der Waals surface area contributed by atoms with Crippen LogP contribution < -0.4 is 10.9 Å². The van der Waals surface area contributed by atoms with Gasteiger partial charge >= 0.3 is 0 Å². The molecule has 24 heavy (non-hydrogen) atoms. The van der Waals surface area contributed by atoms with Gasteiger partial charge in [-0.1, -0.05) is 50.6 Å². The van der Waals surface area contributed by atoms with Crippen LogP contribution in [0.15, 0.2) is 40.8 Å². The number of hydrogen-bond acceptors (Lipinski definition) is 3. The van der Waals surface area contributed by atoms with Crippen molar-refractivity contribution in [2.45, 2.75) is 40.0 Å². The maximum Gasteiger partial charge on any atom is 0.273 e. The fourth-order valence-corrected chi connectivity index (χ4v) is 2.75. The first-order valence-corrected chi connectivity index (χ1v) is 8.16. The van der Waals surface area contributed by atoms with Crippen molar-refractivity contribution in [1.29, 1.82) is 0 Å². The molecule has 5 nitrogen and oxygen atoms in total. The van der Waals surface area contributed by atoms with Gasteiger partial charge in [-0.3, -0.25) is 20.4 Å². The molecule has 2 rings (SSSR count). The fourth-order valence-electron chi connectivity index (χ4n) is 2.75. The normalized spacial score (nSPS) is 13.2. The van der Waals surface area contributed by atoms with Crippen LogP contribution in [0.2, 0.25) is 0 Å². The van der Waals surface area contributed by atoms with E-state index in [0.717, 1.165) is 12.0 Å². The summed E-state index contributed by atoms with van der Waals surface area (Å²) >= 11 is 0. The molecule has 1 aromatic carbocycles. The van der Waals surface area contributed by atoms with E-state index in [0.29, 0.717) is 17.1 Å². The second-order valence-corrected chi connectivity index (χ2v) is 6.04. The van der Waals surface area contributed by atoms with Crippen molar-refractivity contribution in [2.24, 2.45) is 5.92 Å². The van der Waals surface area contributed by atoms with E-state index in [4.69, 9.17) is 4.42 Å². The van der Waals surface area contributed by atoms with E-state index in [1.54, 1.807) is 19.9 Å². The second-order valence-electron chi connectivity index (χ2n) is 6.04. The first-order valence-electron chi connectivity index (χ1n) is 8.16. The number of nitrogens with one attached hydrogen (secondary N) is 2. The Morgan fingerprint density at radius 2 is 1.79 bits per heavy atom. The first-order chi connectivity index (χ1) is 11.4. The predicted molar refractivity (Wildman–Crippen MR) is 92.4 cm³/mol. The van der Waals surface area contributed by atoms with Crippen molar-refractivity contribution in [1.82, 2.24) is 10.9 Å². The summed E-state index contributed by atoms with van der Waals surface area (Å²) in [6, 6.07) is 11.3. The summed E-state index contributed by atoms with van der Waals surface area (Å²) in [7, 11) is 0. The van der Waals surface area contributed by atoms with E-state index >= 15 is 0 Å². The van der Waals surface area contributed by atoms with Crippen LogP contribution >= 0.6 is 0 Å². The van der Waals surface area contributed by atoms with Gasteiger partial charge in [-0.15, -0.1) is 0 Å². The molecule has 1 aromatic heterocycles. The number of carbonyl (C=O) groups excluding carboxylic acids is 2. The minimum Gasteiger partial charge on any atom is -0.466 e. The highest BCUT2D eigenvalue weighted by Crippen LogP contribution is 2.26. The Labute approximate surface area is 142 Å². The molecule has 0 aliphatic heterocycles. The molecule has 0 saturated heterocycles. The number of carbonyl (C=O) groups is 2. The monoisotopic (exact) mass is 328 g/mol. The van der Waals surface area contributed by atoms with Crippen LogP contribution in [0, 0.1) is 19.8 Å². The van der Waals surface area contributed by atoms with Gasteiger partial charge in [0.15, 0.2) is 0 Å². The lowest BCUT2D eigenvalue weighted by Crippen LogP contribution is -2.45. The van der Waals surface area contributed by atoms with Crippen LogP contribution in [0.25, 0.3) is 0 Å². The maximum atomic E-state index is 12.6. The van der Waals surface area contributed by atoms with Crippen molar-refractivity contribution in [3.63, 3.8) is 0 Å². The van der Waals surface area contributed by atoms with E-state index in [2.05, 4.69) is 10.9 Å². The molecular formula is C19H24N2O3. The van der Waals surface area contributed by atoms with Gasteiger partial charge in [0.05, 0.1) is 11.5 Å². The number of furan rings is 1. The molecule has 0 radical (unpaired) electrons. The van der Waals surface area contributed by atoms with Gasteiger partial charge in [0.2, 0.25) is 5.91 Å². The van der Waals surface area contributed by atoms with Crippen molar-refractivity contribution >= 4 is 11.8 Å². The molecule has 0 spiro atoms. The highest BCUT2D eigenvalue weighted by atomic mass is 16.3. The Morgan fingerprint density at radius 3 is 2.33 bits per heavy atom. The molecule has 5 heteroatoms. The summed E-state index contributed by atoms with van der Waals surface area (Å²) in [5.41, 5.74) is 6.40. The zero-order chi connectivity index (χ0) is 17.7. The third kappa shape index (κ3) is 4.04. The van der Waals surface area contributed by atoms with Crippen LogP contribution in [0.1, 0.15) is 53.6 Å². The van der Waals surface area contributed by atoms with Gasteiger partial charge in [0, 0.05) is 0 Å². The number of hydrogen-bond donors (Lipinski definition) is 2. The van der Waals surface area contributed by atoms with Gasteiger partial charge in [-0.2, -0.15) is 0 Å². The van der Waals surface area contributed by atoms with E-state index < -0.39 is 0 Å². The van der Waals surface area contributed by atoms with Crippen LogP contribution in [0.4, 0.5) is 0 Å². The zero-order valence-corrected chi connectivity index (χ0v) is 14.6. The first kappa shape index (κ1) is 17.8. The molecule has 0 bridgehead atoms. The van der Waals surface area contributed by atoms with Crippen molar-refractivity contribution in [2.75, 3.05) is 0 Å². The third-order valence-electron chi connectivity index (χ3n) is 4.24. The highest BCUT2D eigenvalue weighted by Gasteiger charge is 2.26. The van der Waals surface area contributed by atoms with Gasteiger partial charge in [-0.05, 0) is 31.4 Å². The number of hydrazine groups is 1. The Hall–Kier alpha value is -2.56. The van der Waals surface area contributed by atoms with Crippen LogP contribution in [-0.2, 0) is 4.79 Å². The SMILES string of the molecule is CCC(C)C(C(=O)NNC(=O)c1cc(C)oc1C)c1ccccc1. The number of aryl methyl sites for hydroxylation is 2. The third-order valence-corrected chi connectivity index (χ3v) is 4.24. The Bertz CT molecular complexity index is 707. The Kier molecular flexibility index (Phi) is 5.79. The molecule has 2 atom stereocenters. The summed E-state index contributed by atoms with van der Waals surface area (Å²) in [4.78, 5) is 24.8. The topological polar surface area (TPSA) is 71.3 Å². The lowest BCUT2D eigenvalue weighted by Gasteiger charge is -2.22. The molecule has 0 aliphatic rings. The smallest absolute Gasteiger partial charge is 0.273 e. The van der Waals surface area contributed by atoms with Crippen LogP contribution in [-0.4, -0.2) is 11.8 Å². The molecule has 2 N–H and O–H groups in total. The molecule has 1 heterocycles. The van der Waals surface area contributed by atoms with E-state index in [1.165, 1.54) is 0 Å². The van der Waals surface area contributed by atoms with Gasteiger partial charge < -0.3 is 4.42 Å². The van der Waals surface area contributed by atoms with Gasteiger partial charge in [0.25, 0.3) is 5.91 Å². The molecular weight excluding hydrogens is 304 g/mol. The average Bonchev–Trinajstić information content (AvgIpc) is 2.92. The zero-order valence-electron chi connectivity index (χ0n) is 14.6. The number of rotatable bonds is 5. The average molecular weight is 328 g/mol. The van der Waals surface area contributed by atoms with E-state index in [9.17, 15) is 9.59 Å². The molecule has 0 saturated carbocycles. The number of amides is 2. The summed E-state index contributed by atoms with van der Waals surface area (Å²) < 4.78 is 5.34. The summed E-state index contributed by atoms with van der Waals surface area (Å²) in [6.45, 7) is 7.57. The van der Waals surface area contributed by atoms with Crippen molar-refractivity contribution in [3.8, 4) is 0 Å². The molecule has 2 amide bonds. The molecule has 0 aliphatic carbocycles. The second kappa shape index (κ2) is 7.81. The van der Waals surface area contributed by atoms with E-state index in [1.807, 2.05) is 44.2 Å². The van der Waals surface area contributed by atoms with Gasteiger partial charge in [-0.25, -0.2) is 0 Å². The molecule has 128 valence electrons. The lowest BCUT2D eigenvalue weighted by molar-refractivity contribution is -0.124. The maximum absolute atomic E-state index is 12.6. The summed E-state index contributed by atoms with van der Waals surface area (Å²) in [5, 5.41) is 0. The standard InChI is InChI=1S/C19H24N2O3/c1-5-12(2)17(15-9-7-6-8-10-15)19(23)21-20-18(22)16-11-13(3)24-14(16)4/h6-12,17H,5H2,1-4H3,(H,20,22)(H,21,23). The predicted octanol–water partition coefficient (Wildman–Crippen LogP) is 3.49. The molecule has 2 unspecified atom stereocenters. The molecule has 0 fully saturated rings.